The van der Waals surface area contributed by atoms with Gasteiger partial charge in [0, 0.05) is 16.3 Å². The van der Waals surface area contributed by atoms with Gasteiger partial charge < -0.3 is 9.84 Å². The van der Waals surface area contributed by atoms with E-state index in [4.69, 9.17) is 21.1 Å². The van der Waals surface area contributed by atoms with Gasteiger partial charge in [0.25, 0.3) is 5.89 Å². The number of aryl methyl sites for hydroxylation is 3. The molecule has 1 aliphatic rings. The van der Waals surface area contributed by atoms with E-state index >= 15 is 0 Å². The molecule has 0 bridgehead atoms. The maximum atomic E-state index is 13.3. The van der Waals surface area contributed by atoms with Crippen molar-refractivity contribution in [1.29, 1.82) is 0 Å². The standard InChI is InChI=1S/C29H27ClN4O2/c1-17-5-10-22(11-6-17)27-32-28(36-33-27)25-20(4)34(16-21-8-13-24(30)14-9-21)29(35)31-26(25)23-12-7-18(2)19(3)15-23/h5-15,26H,16H2,1-4H3,(H,31,35). The summed E-state index contributed by atoms with van der Waals surface area (Å²) >= 11 is 6.06. The molecule has 3 aromatic carbocycles. The Hall–Kier alpha value is -3.90. The van der Waals surface area contributed by atoms with E-state index in [1.165, 1.54) is 5.56 Å². The molecule has 2 amide bonds. The number of halogens is 1. The number of hydrogen-bond acceptors (Lipinski definition) is 4. The molecule has 1 atom stereocenters. The number of urea groups is 1. The zero-order valence-corrected chi connectivity index (χ0v) is 21.4. The van der Waals surface area contributed by atoms with Crippen LogP contribution in [0.5, 0.6) is 0 Å². The van der Waals surface area contributed by atoms with Gasteiger partial charge in [0.2, 0.25) is 5.82 Å². The van der Waals surface area contributed by atoms with E-state index < -0.39 is 6.04 Å². The summed E-state index contributed by atoms with van der Waals surface area (Å²) in [6, 6.07) is 21.0. The Labute approximate surface area is 215 Å². The number of nitrogens with one attached hydrogen (secondary N) is 1. The highest BCUT2D eigenvalue weighted by Gasteiger charge is 2.36. The second-order valence-electron chi connectivity index (χ2n) is 9.23. The summed E-state index contributed by atoms with van der Waals surface area (Å²) in [5.41, 5.74) is 7.82. The first-order chi connectivity index (χ1) is 17.3. The van der Waals surface area contributed by atoms with Crippen molar-refractivity contribution in [3.63, 3.8) is 0 Å². The summed E-state index contributed by atoms with van der Waals surface area (Å²) in [7, 11) is 0. The fourth-order valence-electron chi connectivity index (χ4n) is 4.37. The fraction of sp³-hybridized carbons (Fsp3) is 0.207. The zero-order chi connectivity index (χ0) is 25.4. The summed E-state index contributed by atoms with van der Waals surface area (Å²) in [4.78, 5) is 19.8. The molecule has 0 fully saturated rings. The lowest BCUT2D eigenvalue weighted by Crippen LogP contribution is -2.45. The van der Waals surface area contributed by atoms with E-state index in [-0.39, 0.29) is 6.03 Å². The molecule has 6 nitrogen and oxygen atoms in total. The molecule has 0 spiro atoms. The third kappa shape index (κ3) is 4.64. The minimum absolute atomic E-state index is 0.187. The largest absolute Gasteiger partial charge is 0.334 e. The molecule has 0 aliphatic carbocycles. The lowest BCUT2D eigenvalue weighted by molar-refractivity contribution is 0.203. The van der Waals surface area contributed by atoms with Gasteiger partial charge in [-0.3, -0.25) is 4.90 Å². The van der Waals surface area contributed by atoms with Crippen molar-refractivity contribution >= 4 is 23.2 Å². The van der Waals surface area contributed by atoms with Gasteiger partial charge in [0.15, 0.2) is 0 Å². The van der Waals surface area contributed by atoms with Gasteiger partial charge in [-0.1, -0.05) is 76.9 Å². The van der Waals surface area contributed by atoms with E-state index in [1.54, 1.807) is 4.90 Å². The van der Waals surface area contributed by atoms with Crippen LogP contribution in [0.2, 0.25) is 5.02 Å². The topological polar surface area (TPSA) is 71.3 Å². The number of carbonyl (C=O) groups is 1. The van der Waals surface area contributed by atoms with E-state index in [1.807, 2.05) is 68.4 Å². The molecule has 5 rings (SSSR count). The van der Waals surface area contributed by atoms with E-state index in [0.717, 1.165) is 39.1 Å². The third-order valence-corrected chi connectivity index (χ3v) is 6.93. The lowest BCUT2D eigenvalue weighted by Gasteiger charge is -2.35. The molecule has 0 saturated heterocycles. The van der Waals surface area contributed by atoms with Crippen molar-refractivity contribution in [2.75, 3.05) is 0 Å². The molecule has 0 radical (unpaired) electrons. The highest BCUT2D eigenvalue weighted by Crippen LogP contribution is 2.38. The van der Waals surface area contributed by atoms with Crippen LogP contribution in [0.15, 0.2) is 77.0 Å². The van der Waals surface area contributed by atoms with Gasteiger partial charge in [-0.25, -0.2) is 4.79 Å². The van der Waals surface area contributed by atoms with Crippen LogP contribution in [-0.2, 0) is 6.54 Å². The molecule has 7 heteroatoms. The van der Waals surface area contributed by atoms with Crippen LogP contribution in [0.1, 0.15) is 46.7 Å². The van der Waals surface area contributed by atoms with Crippen molar-refractivity contribution < 1.29 is 9.32 Å². The Morgan fingerprint density at radius 1 is 0.944 bits per heavy atom. The summed E-state index contributed by atoms with van der Waals surface area (Å²) in [5, 5.41) is 8.08. The molecule has 1 N–H and O–H groups in total. The number of hydrogen-bond donors (Lipinski definition) is 1. The average molecular weight is 499 g/mol. The van der Waals surface area contributed by atoms with Gasteiger partial charge in [-0.2, -0.15) is 4.98 Å². The van der Waals surface area contributed by atoms with Gasteiger partial charge in [-0.15, -0.1) is 0 Å². The van der Waals surface area contributed by atoms with Crippen molar-refractivity contribution in [2.24, 2.45) is 0 Å². The highest BCUT2D eigenvalue weighted by atomic mass is 35.5. The minimum Gasteiger partial charge on any atom is -0.334 e. The number of allylic oxidation sites excluding steroid dienone is 1. The molecular weight excluding hydrogens is 472 g/mol. The molecule has 2 heterocycles. The predicted octanol–water partition coefficient (Wildman–Crippen LogP) is 7.01. The molecule has 1 aromatic heterocycles. The maximum Gasteiger partial charge on any atom is 0.322 e. The van der Waals surface area contributed by atoms with Gasteiger partial charge in [0.1, 0.15) is 0 Å². The Kier molecular flexibility index (Phi) is 6.37. The molecule has 4 aromatic rings. The summed E-state index contributed by atoms with van der Waals surface area (Å²) < 4.78 is 5.80. The predicted molar refractivity (Wildman–Crippen MR) is 141 cm³/mol. The average Bonchev–Trinajstić information content (AvgIpc) is 3.34. The van der Waals surface area contributed by atoms with E-state index in [0.29, 0.717) is 23.3 Å². The van der Waals surface area contributed by atoms with Crippen LogP contribution in [0, 0.1) is 20.8 Å². The van der Waals surface area contributed by atoms with Crippen molar-refractivity contribution in [2.45, 2.75) is 40.3 Å². The Bertz CT molecular complexity index is 1460. The first-order valence-electron chi connectivity index (χ1n) is 11.8. The second-order valence-corrected chi connectivity index (χ2v) is 9.66. The summed E-state index contributed by atoms with van der Waals surface area (Å²) in [6.45, 7) is 8.48. The summed E-state index contributed by atoms with van der Waals surface area (Å²) in [6.07, 6.45) is 0. The van der Waals surface area contributed by atoms with Gasteiger partial charge in [0.05, 0.1) is 18.2 Å². The Morgan fingerprint density at radius 2 is 1.67 bits per heavy atom. The molecule has 1 unspecified atom stereocenters. The van der Waals surface area contributed by atoms with Crippen molar-refractivity contribution in [1.82, 2.24) is 20.4 Å². The minimum atomic E-state index is -0.426. The van der Waals surface area contributed by atoms with Crippen molar-refractivity contribution in [3.05, 3.63) is 111 Å². The van der Waals surface area contributed by atoms with Crippen molar-refractivity contribution in [3.8, 4) is 11.4 Å². The number of rotatable bonds is 5. The van der Waals surface area contributed by atoms with Crippen LogP contribution in [0.4, 0.5) is 4.79 Å². The molecular formula is C29H27ClN4O2. The number of amides is 2. The smallest absolute Gasteiger partial charge is 0.322 e. The molecule has 36 heavy (non-hydrogen) atoms. The van der Waals surface area contributed by atoms with Crippen LogP contribution >= 0.6 is 11.6 Å². The monoisotopic (exact) mass is 498 g/mol. The van der Waals surface area contributed by atoms with E-state index in [9.17, 15) is 4.79 Å². The normalized spacial score (nSPS) is 15.9. The maximum absolute atomic E-state index is 13.3. The third-order valence-electron chi connectivity index (χ3n) is 6.68. The van der Waals surface area contributed by atoms with Crippen LogP contribution in [-0.4, -0.2) is 21.1 Å². The second kappa shape index (κ2) is 9.63. The SMILES string of the molecule is CC1=C(c2nc(-c3ccc(C)cc3)no2)C(c2ccc(C)c(C)c2)NC(=O)N1Cc1ccc(Cl)cc1. The van der Waals surface area contributed by atoms with Crippen LogP contribution < -0.4 is 5.32 Å². The number of benzene rings is 3. The summed E-state index contributed by atoms with van der Waals surface area (Å²) in [5.74, 6) is 0.887. The Balaban J connectivity index is 1.60. The molecule has 1 aliphatic heterocycles. The first-order valence-corrected chi connectivity index (χ1v) is 12.2. The number of aromatic nitrogens is 2. The lowest BCUT2D eigenvalue weighted by atomic mass is 9.92. The zero-order valence-electron chi connectivity index (χ0n) is 20.7. The number of nitrogens with zero attached hydrogens (tertiary/aromatic N) is 3. The molecule has 0 saturated carbocycles. The van der Waals surface area contributed by atoms with Crippen LogP contribution in [0.3, 0.4) is 0 Å². The Morgan fingerprint density at radius 3 is 2.36 bits per heavy atom. The van der Waals surface area contributed by atoms with E-state index in [2.05, 4.69) is 36.5 Å². The van der Waals surface area contributed by atoms with Crippen LogP contribution in [0.25, 0.3) is 17.0 Å². The van der Waals surface area contributed by atoms with Gasteiger partial charge in [-0.05, 0) is 62.1 Å². The molecule has 182 valence electrons. The highest BCUT2D eigenvalue weighted by molar-refractivity contribution is 6.30. The fourth-order valence-corrected chi connectivity index (χ4v) is 4.49. The quantitative estimate of drug-likeness (QED) is 0.321. The first kappa shape index (κ1) is 23.8. The van der Waals surface area contributed by atoms with Gasteiger partial charge >= 0.3 is 6.03 Å². The number of carbonyl (C=O) groups excluding carboxylic acids is 1.